The topological polar surface area (TPSA) is 95.9 Å². The summed E-state index contributed by atoms with van der Waals surface area (Å²) in [6.45, 7) is 5.40. The van der Waals surface area contributed by atoms with E-state index in [1.54, 1.807) is 0 Å². The molecule has 6 nitrogen and oxygen atoms in total. The zero-order chi connectivity index (χ0) is 18.3. The lowest BCUT2D eigenvalue weighted by Crippen LogP contribution is -2.37. The van der Waals surface area contributed by atoms with E-state index in [-0.39, 0.29) is 12.5 Å². The first-order chi connectivity index (χ1) is 11.4. The third-order valence-corrected chi connectivity index (χ3v) is 4.37. The van der Waals surface area contributed by atoms with Crippen LogP contribution in [0, 0.1) is 0 Å². The molecule has 1 amide bonds. The third-order valence-electron chi connectivity index (χ3n) is 3.88. The summed E-state index contributed by atoms with van der Waals surface area (Å²) >= 11 is 0. The van der Waals surface area contributed by atoms with Gasteiger partial charge in [0, 0.05) is 0 Å². The maximum absolute atomic E-state index is 11.4. The highest BCUT2D eigenvalue weighted by Crippen LogP contribution is 2.35. The molecule has 1 unspecified atom stereocenters. The summed E-state index contributed by atoms with van der Waals surface area (Å²) in [6.07, 6.45) is 13.9. The molecule has 0 bridgehead atoms. The standard InChI is InChI=1S/C17H34NO5P/c1-3-5-6-7-8-9-10-11-12-13-14-16(18-17(19)4-2)15-23-24(20,21)22/h4,16H,2-3,5-15H2,1H3,(H,18,19)(H2,20,21,22). The Morgan fingerprint density at radius 3 is 2.04 bits per heavy atom. The molecule has 0 saturated heterocycles. The Bertz CT molecular complexity index is 383. The van der Waals surface area contributed by atoms with Crippen molar-refractivity contribution >= 4 is 13.7 Å². The highest BCUT2D eigenvalue weighted by molar-refractivity contribution is 7.46. The van der Waals surface area contributed by atoms with Crippen molar-refractivity contribution in [1.82, 2.24) is 5.32 Å². The van der Waals surface area contributed by atoms with Gasteiger partial charge in [0.25, 0.3) is 0 Å². The number of carbonyl (C=O) groups excluding carboxylic acids is 1. The predicted molar refractivity (Wildman–Crippen MR) is 96.6 cm³/mol. The van der Waals surface area contributed by atoms with Crippen molar-refractivity contribution in [3.05, 3.63) is 12.7 Å². The van der Waals surface area contributed by atoms with Crippen molar-refractivity contribution in [2.24, 2.45) is 0 Å². The highest BCUT2D eigenvalue weighted by atomic mass is 31.2. The van der Waals surface area contributed by atoms with Crippen molar-refractivity contribution in [3.63, 3.8) is 0 Å². The first kappa shape index (κ1) is 23.3. The Kier molecular flexibility index (Phi) is 14.2. The van der Waals surface area contributed by atoms with Gasteiger partial charge in [0.2, 0.25) is 5.91 Å². The van der Waals surface area contributed by atoms with Gasteiger partial charge in [-0.1, -0.05) is 77.7 Å². The van der Waals surface area contributed by atoms with Crippen LogP contribution in [0.3, 0.4) is 0 Å². The van der Waals surface area contributed by atoms with Gasteiger partial charge in [-0.25, -0.2) is 4.57 Å². The minimum absolute atomic E-state index is 0.193. The Morgan fingerprint density at radius 1 is 1.08 bits per heavy atom. The van der Waals surface area contributed by atoms with E-state index < -0.39 is 13.9 Å². The Balaban J connectivity index is 3.79. The minimum atomic E-state index is -4.51. The number of nitrogens with one attached hydrogen (secondary N) is 1. The fraction of sp³-hybridized carbons (Fsp3) is 0.824. The van der Waals surface area contributed by atoms with Crippen LogP contribution in [0.4, 0.5) is 0 Å². The van der Waals surface area contributed by atoms with Gasteiger partial charge >= 0.3 is 7.82 Å². The normalized spacial score (nSPS) is 12.8. The quantitative estimate of drug-likeness (QED) is 0.218. The van der Waals surface area contributed by atoms with Crippen LogP contribution in [0.2, 0.25) is 0 Å². The van der Waals surface area contributed by atoms with Gasteiger partial charge in [-0.3, -0.25) is 9.32 Å². The van der Waals surface area contributed by atoms with Gasteiger partial charge in [-0.15, -0.1) is 0 Å². The van der Waals surface area contributed by atoms with Gasteiger partial charge in [-0.05, 0) is 12.5 Å². The summed E-state index contributed by atoms with van der Waals surface area (Å²) in [5, 5.41) is 2.64. The molecule has 0 heterocycles. The molecule has 1 atom stereocenters. The Hall–Kier alpha value is -0.680. The van der Waals surface area contributed by atoms with Gasteiger partial charge in [0.15, 0.2) is 0 Å². The highest BCUT2D eigenvalue weighted by Gasteiger charge is 2.18. The summed E-state index contributed by atoms with van der Waals surface area (Å²) in [5.74, 6) is -0.360. The van der Waals surface area contributed by atoms with E-state index in [0.717, 1.165) is 25.3 Å². The average Bonchev–Trinajstić information content (AvgIpc) is 2.53. The van der Waals surface area contributed by atoms with E-state index >= 15 is 0 Å². The lowest BCUT2D eigenvalue weighted by atomic mass is 10.0. The van der Waals surface area contributed by atoms with Gasteiger partial charge in [0.05, 0.1) is 12.6 Å². The van der Waals surface area contributed by atoms with Crippen molar-refractivity contribution in [3.8, 4) is 0 Å². The number of hydrogen-bond donors (Lipinski definition) is 3. The molecule has 0 saturated carbocycles. The summed E-state index contributed by atoms with van der Waals surface area (Å²) < 4.78 is 15.3. The summed E-state index contributed by atoms with van der Waals surface area (Å²) in [6, 6.07) is -0.405. The molecule has 0 spiro atoms. The Morgan fingerprint density at radius 2 is 1.58 bits per heavy atom. The molecule has 0 radical (unpaired) electrons. The van der Waals surface area contributed by atoms with Crippen LogP contribution < -0.4 is 5.32 Å². The first-order valence-corrected chi connectivity index (χ1v) is 10.5. The van der Waals surface area contributed by atoms with Crippen LogP contribution in [-0.4, -0.2) is 28.3 Å². The number of amides is 1. The molecule has 0 rings (SSSR count). The van der Waals surface area contributed by atoms with Crippen LogP contribution in [0.1, 0.15) is 77.6 Å². The molecule has 0 fully saturated rings. The largest absolute Gasteiger partial charge is 0.469 e. The number of phosphoric ester groups is 1. The molecule has 0 aliphatic carbocycles. The molecule has 7 heteroatoms. The fourth-order valence-corrected chi connectivity index (χ4v) is 2.90. The fourth-order valence-electron chi connectivity index (χ4n) is 2.52. The summed E-state index contributed by atoms with van der Waals surface area (Å²) in [5.41, 5.74) is 0. The summed E-state index contributed by atoms with van der Waals surface area (Å²) in [7, 11) is -4.51. The maximum Gasteiger partial charge on any atom is 0.469 e. The molecule has 24 heavy (non-hydrogen) atoms. The third kappa shape index (κ3) is 16.2. The monoisotopic (exact) mass is 363 g/mol. The van der Waals surface area contributed by atoms with Crippen LogP contribution in [-0.2, 0) is 13.9 Å². The van der Waals surface area contributed by atoms with E-state index in [1.807, 2.05) is 0 Å². The molecular weight excluding hydrogens is 329 g/mol. The first-order valence-electron chi connectivity index (χ1n) is 9.02. The van der Waals surface area contributed by atoms with Crippen LogP contribution in [0.15, 0.2) is 12.7 Å². The molecule has 0 aromatic carbocycles. The molecule has 0 aliphatic heterocycles. The lowest BCUT2D eigenvalue weighted by molar-refractivity contribution is -0.117. The van der Waals surface area contributed by atoms with Gasteiger partial charge in [0.1, 0.15) is 0 Å². The molecule has 3 N–H and O–H groups in total. The predicted octanol–water partition coefficient (Wildman–Crippen LogP) is 4.08. The summed E-state index contributed by atoms with van der Waals surface area (Å²) in [4.78, 5) is 28.9. The second kappa shape index (κ2) is 14.6. The van der Waals surface area contributed by atoms with Crippen LogP contribution >= 0.6 is 7.82 Å². The molecule has 142 valence electrons. The number of hydrogen-bond acceptors (Lipinski definition) is 3. The number of unbranched alkanes of at least 4 members (excludes halogenated alkanes) is 9. The molecule has 0 aromatic heterocycles. The van der Waals surface area contributed by atoms with Crippen molar-refractivity contribution in [2.75, 3.05) is 6.61 Å². The number of phosphoric acid groups is 1. The van der Waals surface area contributed by atoms with Crippen molar-refractivity contribution < 1.29 is 23.7 Å². The van der Waals surface area contributed by atoms with Gasteiger partial charge < -0.3 is 15.1 Å². The van der Waals surface area contributed by atoms with Crippen LogP contribution in [0.5, 0.6) is 0 Å². The lowest BCUT2D eigenvalue weighted by Gasteiger charge is -2.18. The maximum atomic E-state index is 11.4. The average molecular weight is 363 g/mol. The second-order valence-electron chi connectivity index (χ2n) is 6.17. The molecular formula is C17H34NO5P. The second-order valence-corrected chi connectivity index (χ2v) is 7.41. The van der Waals surface area contributed by atoms with E-state index in [4.69, 9.17) is 9.79 Å². The van der Waals surface area contributed by atoms with E-state index in [2.05, 4.69) is 23.3 Å². The van der Waals surface area contributed by atoms with E-state index in [0.29, 0.717) is 6.42 Å². The van der Waals surface area contributed by atoms with Crippen molar-refractivity contribution in [1.29, 1.82) is 0 Å². The van der Waals surface area contributed by atoms with E-state index in [9.17, 15) is 9.36 Å². The van der Waals surface area contributed by atoms with Gasteiger partial charge in [-0.2, -0.15) is 0 Å². The zero-order valence-corrected chi connectivity index (χ0v) is 15.8. The van der Waals surface area contributed by atoms with Crippen molar-refractivity contribution in [2.45, 2.75) is 83.6 Å². The minimum Gasteiger partial charge on any atom is -0.348 e. The molecule has 0 aliphatic rings. The Labute approximate surface area is 146 Å². The number of rotatable bonds is 16. The van der Waals surface area contributed by atoms with E-state index in [1.165, 1.54) is 44.9 Å². The SMILES string of the molecule is C=CC(=O)NC(CCCCCCCCCCCC)COP(=O)(O)O. The smallest absolute Gasteiger partial charge is 0.348 e. The number of carbonyl (C=O) groups is 1. The molecule has 0 aromatic rings. The van der Waals surface area contributed by atoms with Crippen LogP contribution in [0.25, 0.3) is 0 Å². The zero-order valence-electron chi connectivity index (χ0n) is 14.9.